The van der Waals surface area contributed by atoms with Crippen LogP contribution in [0.2, 0.25) is 5.02 Å². The Morgan fingerprint density at radius 1 is 1.31 bits per heavy atom. The molecule has 1 atom stereocenters. The summed E-state index contributed by atoms with van der Waals surface area (Å²) in [6.45, 7) is 3.25. The standard InChI is InChI=1S/C20H19BrClN5OS/c1-12-26-17(18(29-12)13-4-6-15(22)7-5-13)19(28)27-8-2-3-16(27)11-25-20-23-9-14(21)10-24-20/h4-7,9-10,16H,2-3,8,11H2,1H3,(H,23,24,25). The van der Waals surface area contributed by atoms with E-state index in [4.69, 9.17) is 11.6 Å². The summed E-state index contributed by atoms with van der Waals surface area (Å²) in [6, 6.07) is 7.61. The molecule has 1 saturated heterocycles. The highest BCUT2D eigenvalue weighted by Gasteiger charge is 2.32. The van der Waals surface area contributed by atoms with Gasteiger partial charge in [0.15, 0.2) is 0 Å². The number of anilines is 1. The number of amides is 1. The van der Waals surface area contributed by atoms with Gasteiger partial charge in [-0.2, -0.15) is 0 Å². The van der Waals surface area contributed by atoms with Crippen molar-refractivity contribution in [2.45, 2.75) is 25.8 Å². The summed E-state index contributed by atoms with van der Waals surface area (Å²) < 4.78 is 0.828. The maximum absolute atomic E-state index is 13.4. The third-order valence-corrected chi connectivity index (χ3v) is 6.48. The van der Waals surface area contributed by atoms with E-state index in [1.54, 1.807) is 12.4 Å². The lowest BCUT2D eigenvalue weighted by Crippen LogP contribution is -2.40. The van der Waals surface area contributed by atoms with Gasteiger partial charge < -0.3 is 10.2 Å². The van der Waals surface area contributed by atoms with E-state index in [-0.39, 0.29) is 11.9 Å². The minimum atomic E-state index is -0.0275. The number of carbonyl (C=O) groups excluding carboxylic acids is 1. The zero-order valence-electron chi connectivity index (χ0n) is 15.7. The molecule has 29 heavy (non-hydrogen) atoms. The van der Waals surface area contributed by atoms with Gasteiger partial charge in [-0.05, 0) is 53.4 Å². The van der Waals surface area contributed by atoms with Gasteiger partial charge in [-0.1, -0.05) is 23.7 Å². The highest BCUT2D eigenvalue weighted by molar-refractivity contribution is 9.10. The fraction of sp³-hybridized carbons (Fsp3) is 0.300. The molecule has 1 aromatic carbocycles. The third-order valence-electron chi connectivity index (χ3n) is 4.80. The van der Waals surface area contributed by atoms with Crippen LogP contribution in [0.4, 0.5) is 5.95 Å². The molecule has 1 aliphatic rings. The van der Waals surface area contributed by atoms with Crippen molar-refractivity contribution in [3.05, 3.63) is 56.9 Å². The molecule has 1 aliphatic heterocycles. The lowest BCUT2D eigenvalue weighted by Gasteiger charge is -2.24. The predicted molar refractivity (Wildman–Crippen MR) is 120 cm³/mol. The Morgan fingerprint density at radius 2 is 2.03 bits per heavy atom. The summed E-state index contributed by atoms with van der Waals surface area (Å²) in [5.41, 5.74) is 1.47. The summed E-state index contributed by atoms with van der Waals surface area (Å²) in [4.78, 5) is 29.2. The number of carbonyl (C=O) groups is 1. The van der Waals surface area contributed by atoms with Crippen LogP contribution in [0.25, 0.3) is 10.4 Å². The minimum Gasteiger partial charge on any atom is -0.352 e. The molecule has 1 N–H and O–H groups in total. The van der Waals surface area contributed by atoms with Gasteiger partial charge >= 0.3 is 0 Å². The van der Waals surface area contributed by atoms with E-state index in [1.807, 2.05) is 36.1 Å². The Bertz CT molecular complexity index is 1010. The Labute approximate surface area is 186 Å². The van der Waals surface area contributed by atoms with E-state index < -0.39 is 0 Å². The van der Waals surface area contributed by atoms with E-state index >= 15 is 0 Å². The van der Waals surface area contributed by atoms with E-state index in [9.17, 15) is 4.79 Å². The highest BCUT2D eigenvalue weighted by Crippen LogP contribution is 2.33. The van der Waals surface area contributed by atoms with Gasteiger partial charge in [-0.25, -0.2) is 15.0 Å². The van der Waals surface area contributed by atoms with Crippen LogP contribution in [0, 0.1) is 6.92 Å². The van der Waals surface area contributed by atoms with Gasteiger partial charge in [0.1, 0.15) is 5.69 Å². The number of nitrogens with one attached hydrogen (secondary N) is 1. The Morgan fingerprint density at radius 3 is 2.76 bits per heavy atom. The van der Waals surface area contributed by atoms with Crippen molar-refractivity contribution < 1.29 is 4.79 Å². The molecule has 0 radical (unpaired) electrons. The lowest BCUT2D eigenvalue weighted by atomic mass is 10.1. The van der Waals surface area contributed by atoms with Gasteiger partial charge in [0.05, 0.1) is 14.4 Å². The number of aryl methyl sites for hydroxylation is 1. The molecule has 3 heterocycles. The summed E-state index contributed by atoms with van der Waals surface area (Å²) in [6.07, 6.45) is 5.31. The number of likely N-dealkylation sites (tertiary alicyclic amines) is 1. The number of halogens is 2. The molecule has 2 aromatic heterocycles. The maximum Gasteiger partial charge on any atom is 0.274 e. The Balaban J connectivity index is 1.52. The molecule has 4 rings (SSSR count). The van der Waals surface area contributed by atoms with Crippen molar-refractivity contribution in [2.75, 3.05) is 18.4 Å². The predicted octanol–water partition coefficient (Wildman–Crippen LogP) is 5.04. The maximum atomic E-state index is 13.4. The van der Waals surface area contributed by atoms with E-state index in [2.05, 4.69) is 36.2 Å². The molecule has 0 spiro atoms. The highest BCUT2D eigenvalue weighted by atomic mass is 79.9. The molecule has 3 aromatic rings. The first-order chi connectivity index (χ1) is 14.0. The molecule has 1 unspecified atom stereocenters. The normalized spacial score (nSPS) is 16.2. The summed E-state index contributed by atoms with van der Waals surface area (Å²) in [5, 5.41) is 4.78. The zero-order chi connectivity index (χ0) is 20.4. The average molecular weight is 493 g/mol. The number of hydrogen-bond acceptors (Lipinski definition) is 6. The van der Waals surface area contributed by atoms with Gasteiger partial charge in [-0.3, -0.25) is 4.79 Å². The largest absolute Gasteiger partial charge is 0.352 e. The second kappa shape index (κ2) is 8.77. The topological polar surface area (TPSA) is 71.0 Å². The van der Waals surface area contributed by atoms with Crippen LogP contribution in [0.3, 0.4) is 0 Å². The average Bonchev–Trinajstić information content (AvgIpc) is 3.34. The number of rotatable bonds is 5. The van der Waals surface area contributed by atoms with Crippen LogP contribution < -0.4 is 5.32 Å². The quantitative estimate of drug-likeness (QED) is 0.540. The van der Waals surface area contributed by atoms with E-state index in [0.29, 0.717) is 23.2 Å². The molecule has 6 nitrogen and oxygen atoms in total. The van der Waals surface area contributed by atoms with Crippen LogP contribution in [0.5, 0.6) is 0 Å². The summed E-state index contributed by atoms with van der Waals surface area (Å²) >= 11 is 10.9. The van der Waals surface area contributed by atoms with Crippen molar-refractivity contribution >= 4 is 50.7 Å². The molecular weight excluding hydrogens is 474 g/mol. The van der Waals surface area contributed by atoms with E-state index in [0.717, 1.165) is 39.3 Å². The smallest absolute Gasteiger partial charge is 0.274 e. The third kappa shape index (κ3) is 4.60. The molecular formula is C20H19BrClN5OS. The van der Waals surface area contributed by atoms with Crippen molar-refractivity contribution in [1.29, 1.82) is 0 Å². The summed E-state index contributed by atoms with van der Waals surface area (Å²) in [5.74, 6) is 0.527. The van der Waals surface area contributed by atoms with Crippen molar-refractivity contribution in [3.8, 4) is 10.4 Å². The molecule has 1 fully saturated rings. The molecule has 1 amide bonds. The van der Waals surface area contributed by atoms with Crippen LogP contribution >= 0.6 is 38.9 Å². The second-order valence-electron chi connectivity index (χ2n) is 6.82. The van der Waals surface area contributed by atoms with Crippen LogP contribution in [-0.2, 0) is 0 Å². The van der Waals surface area contributed by atoms with Crippen LogP contribution in [0.15, 0.2) is 41.1 Å². The molecule has 0 saturated carbocycles. The molecule has 0 aliphatic carbocycles. The molecule has 150 valence electrons. The molecule has 9 heteroatoms. The first kappa shape index (κ1) is 20.3. The Kier molecular flexibility index (Phi) is 6.12. The van der Waals surface area contributed by atoms with Crippen molar-refractivity contribution in [2.24, 2.45) is 0 Å². The fourth-order valence-electron chi connectivity index (χ4n) is 3.43. The minimum absolute atomic E-state index is 0.0275. The van der Waals surface area contributed by atoms with Crippen molar-refractivity contribution in [1.82, 2.24) is 19.9 Å². The number of nitrogens with zero attached hydrogens (tertiary/aromatic N) is 4. The second-order valence-corrected chi connectivity index (χ2v) is 9.37. The van der Waals surface area contributed by atoms with Gasteiger partial charge in [0, 0.05) is 36.5 Å². The van der Waals surface area contributed by atoms with Crippen molar-refractivity contribution in [3.63, 3.8) is 0 Å². The van der Waals surface area contributed by atoms with Crippen LogP contribution in [-0.4, -0.2) is 44.9 Å². The first-order valence-electron chi connectivity index (χ1n) is 9.27. The van der Waals surface area contributed by atoms with Gasteiger partial charge in [-0.15, -0.1) is 11.3 Å². The SMILES string of the molecule is Cc1nc(C(=O)N2CCCC2CNc2ncc(Br)cn2)c(-c2ccc(Cl)cc2)s1. The number of aromatic nitrogens is 3. The van der Waals surface area contributed by atoms with Gasteiger partial charge in [0.2, 0.25) is 5.95 Å². The van der Waals surface area contributed by atoms with Crippen LogP contribution in [0.1, 0.15) is 28.3 Å². The monoisotopic (exact) mass is 491 g/mol. The zero-order valence-corrected chi connectivity index (χ0v) is 18.9. The lowest BCUT2D eigenvalue weighted by molar-refractivity contribution is 0.0739. The van der Waals surface area contributed by atoms with Gasteiger partial charge in [0.25, 0.3) is 5.91 Å². The first-order valence-corrected chi connectivity index (χ1v) is 11.3. The fourth-order valence-corrected chi connectivity index (χ4v) is 4.68. The van der Waals surface area contributed by atoms with E-state index in [1.165, 1.54) is 11.3 Å². The number of hydrogen-bond donors (Lipinski definition) is 1. The molecule has 0 bridgehead atoms. The number of thiazole rings is 1. The summed E-state index contributed by atoms with van der Waals surface area (Å²) in [7, 11) is 0. The Hall–Kier alpha value is -2.03. The number of benzene rings is 1.